The molecule has 0 aliphatic carbocycles. The molecular formula is C13H19BrN2O3. The van der Waals surface area contributed by atoms with Crippen LogP contribution in [0.5, 0.6) is 0 Å². The summed E-state index contributed by atoms with van der Waals surface area (Å²) < 4.78 is 10.4. The lowest BCUT2D eigenvalue weighted by molar-refractivity contribution is -0.120. The number of nitrogens with zero attached hydrogens (tertiary/aromatic N) is 1. The van der Waals surface area contributed by atoms with Gasteiger partial charge in [0.25, 0.3) is 0 Å². The van der Waals surface area contributed by atoms with Crippen molar-refractivity contribution in [3.8, 4) is 0 Å². The van der Waals surface area contributed by atoms with Crippen molar-refractivity contribution < 1.29 is 14.1 Å². The van der Waals surface area contributed by atoms with Crippen LogP contribution in [0.3, 0.4) is 0 Å². The van der Waals surface area contributed by atoms with E-state index in [1.807, 2.05) is 6.07 Å². The molecule has 2 rings (SSSR count). The smallest absolute Gasteiger partial charge is 0.226 e. The molecule has 0 spiro atoms. The van der Waals surface area contributed by atoms with E-state index < -0.39 is 0 Å². The first-order valence-electron chi connectivity index (χ1n) is 6.63. The maximum Gasteiger partial charge on any atom is 0.226 e. The number of carbonyl (C=O) groups excluding carboxylic acids is 1. The van der Waals surface area contributed by atoms with Crippen molar-refractivity contribution in [1.29, 1.82) is 0 Å². The first-order chi connectivity index (χ1) is 9.28. The van der Waals surface area contributed by atoms with Gasteiger partial charge in [-0.05, 0) is 12.8 Å². The van der Waals surface area contributed by atoms with Crippen molar-refractivity contribution in [1.82, 2.24) is 10.5 Å². The van der Waals surface area contributed by atoms with E-state index in [-0.39, 0.29) is 12.3 Å². The van der Waals surface area contributed by atoms with Gasteiger partial charge < -0.3 is 14.6 Å². The van der Waals surface area contributed by atoms with E-state index in [0.29, 0.717) is 18.2 Å². The van der Waals surface area contributed by atoms with Crippen molar-refractivity contribution in [3.05, 3.63) is 17.5 Å². The van der Waals surface area contributed by atoms with E-state index in [9.17, 15) is 4.79 Å². The maximum absolute atomic E-state index is 11.8. The molecule has 106 valence electrons. The lowest BCUT2D eigenvalue weighted by atomic mass is 10.1. The third-order valence-corrected chi connectivity index (χ3v) is 3.68. The fourth-order valence-electron chi connectivity index (χ4n) is 2.03. The molecule has 0 bridgehead atoms. The van der Waals surface area contributed by atoms with Gasteiger partial charge in [-0.1, -0.05) is 21.1 Å². The summed E-state index contributed by atoms with van der Waals surface area (Å²) in [6.45, 7) is 2.24. The number of aryl methyl sites for hydroxylation is 1. The van der Waals surface area contributed by atoms with Gasteiger partial charge in [0.05, 0.1) is 18.7 Å². The minimum Gasteiger partial charge on any atom is -0.381 e. The molecule has 2 heterocycles. The SMILES string of the molecule is O=C(Cc1cc(CCCBr)on1)NCC1CCOC1. The molecule has 19 heavy (non-hydrogen) atoms. The molecule has 1 aliphatic heterocycles. The van der Waals surface area contributed by atoms with Crippen LogP contribution in [0.1, 0.15) is 24.3 Å². The predicted molar refractivity (Wildman–Crippen MR) is 74.3 cm³/mol. The molecule has 1 unspecified atom stereocenters. The first-order valence-corrected chi connectivity index (χ1v) is 7.75. The quantitative estimate of drug-likeness (QED) is 0.773. The molecular weight excluding hydrogens is 312 g/mol. The second kappa shape index (κ2) is 7.65. The largest absolute Gasteiger partial charge is 0.381 e. The Labute approximate surface area is 121 Å². The zero-order valence-corrected chi connectivity index (χ0v) is 12.4. The molecule has 1 N–H and O–H groups in total. The van der Waals surface area contributed by atoms with Crippen LogP contribution < -0.4 is 5.32 Å². The Bertz CT molecular complexity index is 402. The van der Waals surface area contributed by atoms with Gasteiger partial charge in [0.2, 0.25) is 5.91 Å². The van der Waals surface area contributed by atoms with Crippen LogP contribution in [-0.2, 0) is 22.4 Å². The molecule has 5 nitrogen and oxygen atoms in total. The highest BCUT2D eigenvalue weighted by Gasteiger charge is 2.16. The number of carbonyl (C=O) groups is 1. The number of halogens is 1. The van der Waals surface area contributed by atoms with Crippen LogP contribution in [0.4, 0.5) is 0 Å². The van der Waals surface area contributed by atoms with Crippen LogP contribution >= 0.6 is 15.9 Å². The van der Waals surface area contributed by atoms with Crippen LogP contribution in [0.25, 0.3) is 0 Å². The Kier molecular flexibility index (Phi) is 5.85. The average Bonchev–Trinajstić information content (AvgIpc) is 3.05. The Morgan fingerprint density at radius 3 is 3.21 bits per heavy atom. The molecule has 0 saturated carbocycles. The average molecular weight is 331 g/mol. The third-order valence-electron chi connectivity index (χ3n) is 3.12. The molecule has 1 atom stereocenters. The molecule has 0 aromatic carbocycles. The van der Waals surface area contributed by atoms with Gasteiger partial charge in [0.1, 0.15) is 5.76 Å². The highest BCUT2D eigenvalue weighted by molar-refractivity contribution is 9.09. The summed E-state index contributed by atoms with van der Waals surface area (Å²) in [7, 11) is 0. The van der Waals surface area contributed by atoms with Crippen molar-refractivity contribution in [3.63, 3.8) is 0 Å². The van der Waals surface area contributed by atoms with Crippen LogP contribution in [0.15, 0.2) is 10.6 Å². The number of hydrogen-bond acceptors (Lipinski definition) is 4. The van der Waals surface area contributed by atoms with E-state index in [2.05, 4.69) is 26.4 Å². The number of hydrogen-bond donors (Lipinski definition) is 1. The number of aromatic nitrogens is 1. The van der Waals surface area contributed by atoms with Gasteiger partial charge in [0, 0.05) is 36.9 Å². The highest BCUT2D eigenvalue weighted by atomic mass is 79.9. The second-order valence-corrected chi connectivity index (χ2v) is 5.58. The van der Waals surface area contributed by atoms with Crippen LogP contribution in [-0.4, -0.2) is 36.2 Å². The normalized spacial score (nSPS) is 18.7. The summed E-state index contributed by atoms with van der Waals surface area (Å²) >= 11 is 3.37. The minimum atomic E-state index is -0.00718. The molecule has 1 aromatic heterocycles. The van der Waals surface area contributed by atoms with Crippen LogP contribution in [0, 0.1) is 5.92 Å². The summed E-state index contributed by atoms with van der Waals surface area (Å²) in [5.74, 6) is 1.29. The number of amides is 1. The second-order valence-electron chi connectivity index (χ2n) is 4.79. The van der Waals surface area contributed by atoms with Gasteiger partial charge in [-0.15, -0.1) is 0 Å². The third kappa shape index (κ3) is 4.95. The molecule has 1 aromatic rings. The zero-order valence-electron chi connectivity index (χ0n) is 10.9. The fourth-order valence-corrected chi connectivity index (χ4v) is 2.31. The van der Waals surface area contributed by atoms with Gasteiger partial charge >= 0.3 is 0 Å². The summed E-state index contributed by atoms with van der Waals surface area (Å²) in [4.78, 5) is 11.8. The van der Waals surface area contributed by atoms with E-state index >= 15 is 0 Å². The number of nitrogens with one attached hydrogen (secondary N) is 1. The van der Waals surface area contributed by atoms with E-state index in [1.165, 1.54) is 0 Å². The number of alkyl halides is 1. The lowest BCUT2D eigenvalue weighted by Crippen LogP contribution is -2.30. The standard InChI is InChI=1S/C13H19BrN2O3/c14-4-1-2-12-6-11(16-19-12)7-13(17)15-8-10-3-5-18-9-10/h6,10H,1-5,7-9H2,(H,15,17). The zero-order chi connectivity index (χ0) is 13.5. The lowest BCUT2D eigenvalue weighted by Gasteiger charge is -2.08. The molecule has 1 aliphatic rings. The molecule has 1 amide bonds. The Morgan fingerprint density at radius 2 is 2.47 bits per heavy atom. The van der Waals surface area contributed by atoms with E-state index in [4.69, 9.17) is 9.26 Å². The molecule has 0 radical (unpaired) electrons. The van der Waals surface area contributed by atoms with Crippen molar-refractivity contribution in [2.24, 2.45) is 5.92 Å². The number of rotatable bonds is 7. The number of ether oxygens (including phenoxy) is 1. The monoisotopic (exact) mass is 330 g/mol. The Hall–Kier alpha value is -0.880. The molecule has 1 fully saturated rings. The van der Waals surface area contributed by atoms with Crippen LogP contribution in [0.2, 0.25) is 0 Å². The predicted octanol–water partition coefficient (Wildman–Crippen LogP) is 1.70. The highest BCUT2D eigenvalue weighted by Crippen LogP contribution is 2.11. The van der Waals surface area contributed by atoms with Crippen molar-refractivity contribution in [2.45, 2.75) is 25.7 Å². The van der Waals surface area contributed by atoms with Gasteiger partial charge in [0.15, 0.2) is 0 Å². The fraction of sp³-hybridized carbons (Fsp3) is 0.692. The summed E-state index contributed by atoms with van der Waals surface area (Å²) in [6.07, 6.45) is 3.16. The summed E-state index contributed by atoms with van der Waals surface area (Å²) in [6, 6.07) is 1.86. The Balaban J connectivity index is 1.70. The summed E-state index contributed by atoms with van der Waals surface area (Å²) in [5, 5.41) is 7.77. The van der Waals surface area contributed by atoms with Gasteiger partial charge in [-0.3, -0.25) is 4.79 Å². The Morgan fingerprint density at radius 1 is 1.58 bits per heavy atom. The van der Waals surface area contributed by atoms with Gasteiger partial charge in [-0.25, -0.2) is 0 Å². The molecule has 6 heteroatoms. The first kappa shape index (κ1) is 14.5. The minimum absolute atomic E-state index is 0.00718. The van der Waals surface area contributed by atoms with E-state index in [0.717, 1.165) is 43.6 Å². The molecule has 1 saturated heterocycles. The summed E-state index contributed by atoms with van der Waals surface area (Å²) in [5.41, 5.74) is 0.699. The maximum atomic E-state index is 11.8. The van der Waals surface area contributed by atoms with Gasteiger partial charge in [-0.2, -0.15) is 0 Å². The van der Waals surface area contributed by atoms with E-state index in [1.54, 1.807) is 0 Å². The van der Waals surface area contributed by atoms with Crippen molar-refractivity contribution >= 4 is 21.8 Å². The van der Waals surface area contributed by atoms with Crippen molar-refractivity contribution in [2.75, 3.05) is 25.1 Å². The topological polar surface area (TPSA) is 64.4 Å².